The fourth-order valence-corrected chi connectivity index (χ4v) is 4.41. The van der Waals surface area contributed by atoms with Crippen LogP contribution in [-0.2, 0) is 24.3 Å². The minimum Gasteiger partial charge on any atom is -0.367 e. The van der Waals surface area contributed by atoms with Gasteiger partial charge in [0.15, 0.2) is 5.76 Å². The molecule has 5 aromatic rings. The highest BCUT2D eigenvalue weighted by atomic mass is 35.5. The molecule has 1 atom stereocenters. The molecule has 0 fully saturated rings. The third kappa shape index (κ3) is 6.01. The van der Waals surface area contributed by atoms with E-state index in [0.717, 1.165) is 33.7 Å². The van der Waals surface area contributed by atoms with E-state index in [1.54, 1.807) is 18.6 Å². The first-order valence-corrected chi connectivity index (χ1v) is 12.0. The van der Waals surface area contributed by atoms with Crippen LogP contribution in [0.4, 0.5) is 0 Å². The Balaban J connectivity index is 1.24. The smallest absolute Gasteiger partial charge is 0.167 e. The molecular weight excluding hydrogens is 481 g/mol. The summed E-state index contributed by atoms with van der Waals surface area (Å²) in [6.07, 6.45) is 5.86. The molecule has 0 saturated carbocycles. The van der Waals surface area contributed by atoms with Gasteiger partial charge in [-0.25, -0.2) is 4.98 Å². The largest absolute Gasteiger partial charge is 0.367 e. The number of ether oxygens (including phenoxy) is 1. The van der Waals surface area contributed by atoms with Crippen molar-refractivity contribution in [3.63, 3.8) is 0 Å². The Kier molecular flexibility index (Phi) is 7.28. The first-order chi connectivity index (χ1) is 17.1. The average molecular weight is 504 g/mol. The molecule has 5 nitrogen and oxygen atoms in total. The molecule has 3 aromatic carbocycles. The van der Waals surface area contributed by atoms with Crippen LogP contribution in [0.5, 0.6) is 0 Å². The van der Waals surface area contributed by atoms with Crippen LogP contribution in [0.2, 0.25) is 10.0 Å². The Bertz CT molecular complexity index is 1370. The number of rotatable bonds is 9. The Hall–Kier alpha value is -3.38. The third-order valence-electron chi connectivity index (χ3n) is 5.72. The van der Waals surface area contributed by atoms with E-state index in [2.05, 4.69) is 34.4 Å². The Morgan fingerprint density at radius 2 is 1.71 bits per heavy atom. The van der Waals surface area contributed by atoms with Crippen LogP contribution in [0.25, 0.3) is 11.3 Å². The molecule has 176 valence electrons. The summed E-state index contributed by atoms with van der Waals surface area (Å²) < 4.78 is 13.8. The summed E-state index contributed by atoms with van der Waals surface area (Å²) in [6.45, 7) is 1.04. The third-order valence-corrected chi connectivity index (χ3v) is 6.28. The van der Waals surface area contributed by atoms with E-state index in [1.165, 1.54) is 0 Å². The van der Waals surface area contributed by atoms with Crippen molar-refractivity contribution in [2.24, 2.45) is 0 Å². The second-order valence-corrected chi connectivity index (χ2v) is 9.11. The summed E-state index contributed by atoms with van der Waals surface area (Å²) in [6, 6.07) is 25.8. The van der Waals surface area contributed by atoms with Crippen LogP contribution >= 0.6 is 23.2 Å². The minimum atomic E-state index is -0.250. The van der Waals surface area contributed by atoms with Gasteiger partial charge in [-0.2, -0.15) is 0 Å². The fourth-order valence-electron chi connectivity index (χ4n) is 3.88. The Morgan fingerprint density at radius 1 is 0.914 bits per heavy atom. The maximum Gasteiger partial charge on any atom is 0.167 e. The van der Waals surface area contributed by atoms with Crippen molar-refractivity contribution in [3.05, 3.63) is 130 Å². The van der Waals surface area contributed by atoms with E-state index in [-0.39, 0.29) is 6.10 Å². The molecule has 0 amide bonds. The van der Waals surface area contributed by atoms with E-state index < -0.39 is 0 Å². The summed E-state index contributed by atoms with van der Waals surface area (Å²) in [4.78, 5) is 4.13. The molecule has 2 heterocycles. The molecule has 7 heteroatoms. The molecule has 2 aromatic heterocycles. The van der Waals surface area contributed by atoms with Crippen molar-refractivity contribution in [1.82, 2.24) is 14.7 Å². The second kappa shape index (κ2) is 10.9. The van der Waals surface area contributed by atoms with Crippen LogP contribution in [0.3, 0.4) is 0 Å². The molecule has 0 aliphatic heterocycles. The van der Waals surface area contributed by atoms with Gasteiger partial charge in [0, 0.05) is 46.1 Å². The number of hydrogen-bond donors (Lipinski definition) is 0. The van der Waals surface area contributed by atoms with Gasteiger partial charge in [0.05, 0.1) is 25.2 Å². The molecule has 0 spiro atoms. The number of benzene rings is 3. The number of hydrogen-bond acceptors (Lipinski definition) is 4. The van der Waals surface area contributed by atoms with Crippen molar-refractivity contribution in [2.45, 2.75) is 25.7 Å². The molecule has 35 heavy (non-hydrogen) atoms. The van der Waals surface area contributed by atoms with Crippen LogP contribution in [0, 0.1) is 0 Å². The zero-order chi connectivity index (χ0) is 24.0. The summed E-state index contributed by atoms with van der Waals surface area (Å²) in [7, 11) is 0. The van der Waals surface area contributed by atoms with Gasteiger partial charge in [0.1, 0.15) is 6.10 Å². The number of imidazole rings is 1. The van der Waals surface area contributed by atoms with Crippen molar-refractivity contribution < 1.29 is 9.26 Å². The van der Waals surface area contributed by atoms with Gasteiger partial charge in [-0.15, -0.1) is 0 Å². The summed E-state index contributed by atoms with van der Waals surface area (Å²) in [5, 5.41) is 5.40. The zero-order valence-electron chi connectivity index (χ0n) is 18.9. The summed E-state index contributed by atoms with van der Waals surface area (Å²) in [5.41, 5.74) is 5.02. The lowest BCUT2D eigenvalue weighted by Gasteiger charge is -2.20. The lowest BCUT2D eigenvalue weighted by molar-refractivity contribution is 0.0280. The van der Waals surface area contributed by atoms with Gasteiger partial charge in [-0.3, -0.25) is 0 Å². The molecule has 0 radical (unpaired) electrons. The standard InChI is InChI=1S/C28H23Cl2N3O2/c29-23-10-11-25(26(30)15-23)28(17-33-13-12-31-19-33)34-18-21-8-6-20(7-9-21)14-24-16-27(35-32-24)22-4-2-1-3-5-22/h1-13,15-16,19,28H,14,17-18H2. The molecule has 0 bridgehead atoms. The average Bonchev–Trinajstić information content (AvgIpc) is 3.56. The summed E-state index contributed by atoms with van der Waals surface area (Å²) in [5.74, 6) is 0.774. The second-order valence-electron chi connectivity index (χ2n) is 8.27. The normalized spacial score (nSPS) is 12.1. The maximum absolute atomic E-state index is 6.48. The minimum absolute atomic E-state index is 0.250. The van der Waals surface area contributed by atoms with Crippen molar-refractivity contribution in [3.8, 4) is 11.3 Å². The molecular formula is C28H23Cl2N3O2. The number of halogens is 2. The van der Waals surface area contributed by atoms with E-state index in [4.69, 9.17) is 32.5 Å². The first-order valence-electron chi connectivity index (χ1n) is 11.3. The lowest BCUT2D eigenvalue weighted by Crippen LogP contribution is -2.12. The highest BCUT2D eigenvalue weighted by molar-refractivity contribution is 6.35. The predicted octanol–water partition coefficient (Wildman–Crippen LogP) is 7.39. The van der Waals surface area contributed by atoms with Gasteiger partial charge in [0.2, 0.25) is 0 Å². The van der Waals surface area contributed by atoms with Crippen molar-refractivity contribution in [2.75, 3.05) is 0 Å². The molecule has 0 N–H and O–H groups in total. The molecule has 0 saturated heterocycles. The number of nitrogens with zero attached hydrogens (tertiary/aromatic N) is 3. The zero-order valence-corrected chi connectivity index (χ0v) is 20.4. The van der Waals surface area contributed by atoms with Crippen LogP contribution in [0.15, 0.2) is 102 Å². The molecule has 0 aliphatic carbocycles. The Labute approximate surface area is 213 Å². The van der Waals surface area contributed by atoms with Gasteiger partial charge >= 0.3 is 0 Å². The van der Waals surface area contributed by atoms with Gasteiger partial charge < -0.3 is 13.8 Å². The van der Waals surface area contributed by atoms with Crippen LogP contribution in [-0.4, -0.2) is 14.7 Å². The highest BCUT2D eigenvalue weighted by Gasteiger charge is 2.17. The first kappa shape index (κ1) is 23.4. The van der Waals surface area contributed by atoms with Gasteiger partial charge in [0.25, 0.3) is 0 Å². The quantitative estimate of drug-likeness (QED) is 0.210. The molecule has 5 rings (SSSR count). The van der Waals surface area contributed by atoms with Gasteiger partial charge in [-0.05, 0) is 23.3 Å². The molecule has 1 unspecified atom stereocenters. The monoisotopic (exact) mass is 503 g/mol. The van der Waals surface area contributed by atoms with Crippen molar-refractivity contribution in [1.29, 1.82) is 0 Å². The predicted molar refractivity (Wildman–Crippen MR) is 137 cm³/mol. The van der Waals surface area contributed by atoms with Crippen molar-refractivity contribution >= 4 is 23.2 Å². The highest BCUT2D eigenvalue weighted by Crippen LogP contribution is 2.30. The van der Waals surface area contributed by atoms with E-state index >= 15 is 0 Å². The topological polar surface area (TPSA) is 53.1 Å². The van der Waals surface area contributed by atoms with Crippen LogP contribution in [0.1, 0.15) is 28.5 Å². The van der Waals surface area contributed by atoms with Crippen LogP contribution < -0.4 is 0 Å². The van der Waals surface area contributed by atoms with E-state index in [1.807, 2.05) is 59.3 Å². The molecule has 0 aliphatic rings. The lowest BCUT2D eigenvalue weighted by atomic mass is 10.1. The Morgan fingerprint density at radius 3 is 2.46 bits per heavy atom. The van der Waals surface area contributed by atoms with Gasteiger partial charge in [-0.1, -0.05) is 89.0 Å². The summed E-state index contributed by atoms with van der Waals surface area (Å²) >= 11 is 12.6. The maximum atomic E-state index is 6.48. The van der Waals surface area contributed by atoms with E-state index in [9.17, 15) is 0 Å². The fraction of sp³-hybridized carbons (Fsp3) is 0.143. The SMILES string of the molecule is Clc1ccc(C(Cn2ccnc2)OCc2ccc(Cc3cc(-c4ccccc4)on3)cc2)c(Cl)c1. The van der Waals surface area contributed by atoms with E-state index in [0.29, 0.717) is 29.6 Å². The number of aromatic nitrogens is 3.